The molecule has 0 saturated carbocycles. The third-order valence-electron chi connectivity index (χ3n) is 2.19. The molecule has 1 N–H and O–H groups in total. The molecule has 0 heterocycles. The van der Waals surface area contributed by atoms with Crippen LogP contribution in [0.2, 0.25) is 10.0 Å². The van der Waals surface area contributed by atoms with Crippen molar-refractivity contribution in [3.05, 3.63) is 33.8 Å². The zero-order valence-electron chi connectivity index (χ0n) is 9.07. The molecular formula is C11H11Br2Cl2NO. The maximum absolute atomic E-state index is 12.0. The molecule has 0 bridgehead atoms. The Labute approximate surface area is 127 Å². The van der Waals surface area contributed by atoms with Gasteiger partial charge in [0.25, 0.3) is 5.91 Å². The Hall–Kier alpha value is 0.230. The van der Waals surface area contributed by atoms with Gasteiger partial charge in [-0.1, -0.05) is 55.1 Å². The number of rotatable bonds is 4. The highest BCUT2D eigenvalue weighted by molar-refractivity contribution is 9.09. The van der Waals surface area contributed by atoms with Gasteiger partial charge in [-0.3, -0.25) is 4.79 Å². The molecule has 1 aromatic rings. The van der Waals surface area contributed by atoms with Crippen molar-refractivity contribution >= 4 is 61.0 Å². The lowest BCUT2D eigenvalue weighted by Gasteiger charge is -2.26. The number of alkyl halides is 2. The summed E-state index contributed by atoms with van der Waals surface area (Å²) in [6, 6.07) is 4.81. The summed E-state index contributed by atoms with van der Waals surface area (Å²) in [5, 5.41) is 5.03. The Morgan fingerprint density at radius 1 is 1.29 bits per heavy atom. The third kappa shape index (κ3) is 4.12. The van der Waals surface area contributed by atoms with E-state index in [0.29, 0.717) is 26.3 Å². The third-order valence-corrected chi connectivity index (χ3v) is 5.40. The quantitative estimate of drug-likeness (QED) is 0.747. The van der Waals surface area contributed by atoms with Crippen LogP contribution >= 0.6 is 55.1 Å². The minimum atomic E-state index is -0.344. The van der Waals surface area contributed by atoms with Crippen LogP contribution in [0.25, 0.3) is 0 Å². The molecule has 1 rings (SSSR count). The molecule has 0 spiro atoms. The summed E-state index contributed by atoms with van der Waals surface area (Å²) in [4.78, 5) is 12.0. The lowest BCUT2D eigenvalue weighted by atomic mass is 10.1. The van der Waals surface area contributed by atoms with E-state index in [4.69, 9.17) is 23.2 Å². The molecule has 1 aromatic carbocycles. The molecule has 0 aliphatic heterocycles. The van der Waals surface area contributed by atoms with Crippen LogP contribution in [0, 0.1) is 0 Å². The van der Waals surface area contributed by atoms with Crippen LogP contribution < -0.4 is 5.32 Å². The van der Waals surface area contributed by atoms with Crippen molar-refractivity contribution in [3.8, 4) is 0 Å². The first-order valence-electron chi connectivity index (χ1n) is 4.81. The number of halogens is 4. The summed E-state index contributed by atoms with van der Waals surface area (Å²) in [5.41, 5.74) is 0.149. The van der Waals surface area contributed by atoms with E-state index >= 15 is 0 Å². The zero-order chi connectivity index (χ0) is 13.1. The lowest BCUT2D eigenvalue weighted by Crippen LogP contribution is -2.48. The molecule has 0 aromatic heterocycles. The second-order valence-corrected chi connectivity index (χ2v) is 5.85. The molecule has 0 saturated heterocycles. The molecule has 0 aliphatic carbocycles. The van der Waals surface area contributed by atoms with Crippen molar-refractivity contribution in [2.75, 3.05) is 10.7 Å². The molecule has 2 nitrogen and oxygen atoms in total. The van der Waals surface area contributed by atoms with Gasteiger partial charge in [0.1, 0.15) is 0 Å². The summed E-state index contributed by atoms with van der Waals surface area (Å²) in [5.74, 6) is -0.176. The van der Waals surface area contributed by atoms with Gasteiger partial charge in [0.15, 0.2) is 0 Å². The molecule has 1 amide bonds. The van der Waals surface area contributed by atoms with Gasteiger partial charge in [0.2, 0.25) is 0 Å². The predicted octanol–water partition coefficient (Wildman–Crippen LogP) is 4.27. The molecule has 0 radical (unpaired) electrons. The van der Waals surface area contributed by atoms with E-state index < -0.39 is 0 Å². The monoisotopic (exact) mass is 401 g/mol. The Bertz CT molecular complexity index is 422. The number of carbonyl (C=O) groups excluding carboxylic acids is 1. The lowest BCUT2D eigenvalue weighted by molar-refractivity contribution is 0.0923. The average Bonchev–Trinajstić information content (AvgIpc) is 2.32. The van der Waals surface area contributed by atoms with Crippen LogP contribution in [0.15, 0.2) is 18.2 Å². The molecule has 94 valence electrons. The predicted molar refractivity (Wildman–Crippen MR) is 79.9 cm³/mol. The summed E-state index contributed by atoms with van der Waals surface area (Å²) in [6.07, 6.45) is 0. The SMILES string of the molecule is CC(CBr)(CBr)NC(=O)c1ccc(Cl)c(Cl)c1. The Balaban J connectivity index is 2.86. The van der Waals surface area contributed by atoms with Crippen molar-refractivity contribution in [1.29, 1.82) is 0 Å². The number of benzene rings is 1. The molecule has 0 unspecified atom stereocenters. The number of hydrogen-bond acceptors (Lipinski definition) is 1. The van der Waals surface area contributed by atoms with Crippen LogP contribution in [0.3, 0.4) is 0 Å². The van der Waals surface area contributed by atoms with Crippen LogP contribution in [0.1, 0.15) is 17.3 Å². The highest BCUT2D eigenvalue weighted by Crippen LogP contribution is 2.23. The van der Waals surface area contributed by atoms with Crippen molar-refractivity contribution < 1.29 is 4.79 Å². The van der Waals surface area contributed by atoms with E-state index in [2.05, 4.69) is 37.2 Å². The van der Waals surface area contributed by atoms with Gasteiger partial charge < -0.3 is 5.32 Å². The average molecular weight is 404 g/mol. The van der Waals surface area contributed by atoms with Gasteiger partial charge in [-0.05, 0) is 25.1 Å². The van der Waals surface area contributed by atoms with Crippen LogP contribution in [0.5, 0.6) is 0 Å². The van der Waals surface area contributed by atoms with E-state index in [1.807, 2.05) is 6.92 Å². The molecule has 6 heteroatoms. The fourth-order valence-electron chi connectivity index (χ4n) is 1.09. The Morgan fingerprint density at radius 3 is 2.35 bits per heavy atom. The highest BCUT2D eigenvalue weighted by Gasteiger charge is 2.24. The smallest absolute Gasteiger partial charge is 0.251 e. The van der Waals surface area contributed by atoms with Crippen LogP contribution in [0.4, 0.5) is 0 Å². The highest BCUT2D eigenvalue weighted by atomic mass is 79.9. The fraction of sp³-hybridized carbons (Fsp3) is 0.364. The maximum Gasteiger partial charge on any atom is 0.251 e. The molecular weight excluding hydrogens is 393 g/mol. The maximum atomic E-state index is 12.0. The van der Waals surface area contributed by atoms with Gasteiger partial charge in [-0.2, -0.15) is 0 Å². The summed E-state index contributed by atoms with van der Waals surface area (Å²) < 4.78 is 0. The van der Waals surface area contributed by atoms with Gasteiger partial charge in [-0.15, -0.1) is 0 Å². The van der Waals surface area contributed by atoms with Crippen molar-refractivity contribution in [2.45, 2.75) is 12.5 Å². The second-order valence-electron chi connectivity index (χ2n) is 3.91. The minimum Gasteiger partial charge on any atom is -0.345 e. The van der Waals surface area contributed by atoms with Crippen molar-refractivity contribution in [2.24, 2.45) is 0 Å². The number of amides is 1. The summed E-state index contributed by atoms with van der Waals surface area (Å²) >= 11 is 18.4. The summed E-state index contributed by atoms with van der Waals surface area (Å²) in [7, 11) is 0. The molecule has 0 fully saturated rings. The largest absolute Gasteiger partial charge is 0.345 e. The first kappa shape index (κ1) is 15.3. The van der Waals surface area contributed by atoms with E-state index in [1.165, 1.54) is 0 Å². The molecule has 0 aliphatic rings. The van der Waals surface area contributed by atoms with E-state index in [-0.39, 0.29) is 11.4 Å². The zero-order valence-corrected chi connectivity index (χ0v) is 13.8. The fourth-order valence-corrected chi connectivity index (χ4v) is 2.59. The number of hydrogen-bond donors (Lipinski definition) is 1. The minimum absolute atomic E-state index is 0.176. The molecule has 0 atom stereocenters. The van der Waals surface area contributed by atoms with Gasteiger partial charge in [-0.25, -0.2) is 0 Å². The van der Waals surface area contributed by atoms with Gasteiger partial charge in [0, 0.05) is 16.2 Å². The van der Waals surface area contributed by atoms with Gasteiger partial charge >= 0.3 is 0 Å². The standard InChI is InChI=1S/C11H11Br2Cl2NO/c1-11(5-12,6-13)16-10(17)7-2-3-8(14)9(15)4-7/h2-4H,5-6H2,1H3,(H,16,17). The van der Waals surface area contributed by atoms with E-state index in [1.54, 1.807) is 18.2 Å². The first-order valence-corrected chi connectivity index (χ1v) is 7.81. The van der Waals surface area contributed by atoms with E-state index in [9.17, 15) is 4.79 Å². The van der Waals surface area contributed by atoms with Crippen LogP contribution in [-0.4, -0.2) is 22.1 Å². The normalized spacial score (nSPS) is 11.4. The first-order chi connectivity index (χ1) is 7.91. The number of carbonyl (C=O) groups is 1. The van der Waals surface area contributed by atoms with Gasteiger partial charge in [0.05, 0.1) is 15.6 Å². The van der Waals surface area contributed by atoms with Crippen LogP contribution in [-0.2, 0) is 0 Å². The topological polar surface area (TPSA) is 29.1 Å². The van der Waals surface area contributed by atoms with Crippen molar-refractivity contribution in [1.82, 2.24) is 5.32 Å². The number of nitrogens with one attached hydrogen (secondary N) is 1. The molecule has 17 heavy (non-hydrogen) atoms. The second kappa shape index (κ2) is 6.41. The Morgan fingerprint density at radius 2 is 1.88 bits per heavy atom. The Kier molecular flexibility index (Phi) is 5.77. The van der Waals surface area contributed by atoms with Crippen molar-refractivity contribution in [3.63, 3.8) is 0 Å². The van der Waals surface area contributed by atoms with E-state index in [0.717, 1.165) is 0 Å². The summed E-state index contributed by atoms with van der Waals surface area (Å²) in [6.45, 7) is 1.94.